The van der Waals surface area contributed by atoms with E-state index < -0.39 is 14.2 Å². The lowest BCUT2D eigenvalue weighted by molar-refractivity contribution is -0.155. The monoisotopic (exact) mass is 688 g/mol. The number of aliphatic hydroxyl groups is 1. The molecule has 262 valence electrons. The predicted octanol–water partition coefficient (Wildman–Crippen LogP) is 6.81. The zero-order valence-corrected chi connectivity index (χ0v) is 30.5. The minimum absolute atomic E-state index is 0.0632. The van der Waals surface area contributed by atoms with E-state index in [0.717, 1.165) is 29.7 Å². The van der Waals surface area contributed by atoms with Crippen LogP contribution < -0.4 is 4.90 Å². The molecule has 1 aliphatic heterocycles. The molecule has 2 atom stereocenters. The van der Waals surface area contributed by atoms with Gasteiger partial charge in [0, 0.05) is 26.9 Å². The SMILES string of the molecule is CC.CC(C)(C)C.CN(Cc1ccccc1)c1nc(Cl)nc2c1ccn2C1CCC(COCP(O)O)O1.COC(C)(C)O.O=CO. The highest BCUT2D eigenvalue weighted by molar-refractivity contribution is 7.44. The number of methoxy groups -OCH3 is 1. The summed E-state index contributed by atoms with van der Waals surface area (Å²) in [5.41, 5.74) is 2.41. The third-order valence-electron chi connectivity index (χ3n) is 5.55. The van der Waals surface area contributed by atoms with Gasteiger partial charge in [-0.2, -0.15) is 9.97 Å². The molecule has 4 N–H and O–H groups in total. The van der Waals surface area contributed by atoms with Crippen LogP contribution in [-0.2, 0) is 25.5 Å². The van der Waals surface area contributed by atoms with Crippen LogP contribution in [0.1, 0.15) is 80.0 Å². The Morgan fingerprint density at radius 2 is 1.63 bits per heavy atom. The molecule has 1 saturated heterocycles. The van der Waals surface area contributed by atoms with Gasteiger partial charge in [0.1, 0.15) is 24.0 Å². The number of aromatic nitrogens is 3. The summed E-state index contributed by atoms with van der Waals surface area (Å²) in [5.74, 6) is -0.190. The van der Waals surface area contributed by atoms with Gasteiger partial charge in [-0.1, -0.05) is 71.9 Å². The Morgan fingerprint density at radius 1 is 1.09 bits per heavy atom. The van der Waals surface area contributed by atoms with E-state index in [4.69, 9.17) is 45.9 Å². The largest absolute Gasteiger partial charge is 0.483 e. The summed E-state index contributed by atoms with van der Waals surface area (Å²) in [7, 11) is 1.40. The lowest BCUT2D eigenvalue weighted by Crippen LogP contribution is -2.20. The van der Waals surface area contributed by atoms with Crippen molar-refractivity contribution in [1.29, 1.82) is 0 Å². The second-order valence-corrected chi connectivity index (χ2v) is 13.4. The maximum Gasteiger partial charge on any atom is 0.290 e. The molecule has 3 aromatic rings. The predicted molar refractivity (Wildman–Crippen MR) is 185 cm³/mol. The molecule has 2 aromatic heterocycles. The van der Waals surface area contributed by atoms with Crippen molar-refractivity contribution in [3.05, 3.63) is 53.4 Å². The quantitative estimate of drug-likeness (QED) is 0.0809. The first kappa shape index (κ1) is 43.6. The summed E-state index contributed by atoms with van der Waals surface area (Å²) in [4.78, 5) is 37.3. The Bertz CT molecular complexity index is 1230. The molecule has 12 nitrogen and oxygen atoms in total. The van der Waals surface area contributed by atoms with Crippen molar-refractivity contribution in [2.24, 2.45) is 5.41 Å². The highest BCUT2D eigenvalue weighted by Crippen LogP contribution is 2.34. The summed E-state index contributed by atoms with van der Waals surface area (Å²) in [6.07, 6.45) is 3.23. The number of hydrogen-bond acceptors (Lipinski definition) is 10. The Hall–Kier alpha value is -2.41. The molecule has 3 heterocycles. The number of benzene rings is 1. The topological polar surface area (TPSA) is 160 Å². The smallest absolute Gasteiger partial charge is 0.290 e. The molecule has 1 fully saturated rings. The molecular formula is C32H54ClN4O8P. The number of nitrogens with zero attached hydrogens (tertiary/aromatic N) is 4. The zero-order chi connectivity index (χ0) is 35.5. The number of hydrogen-bond donors (Lipinski definition) is 4. The third kappa shape index (κ3) is 18.7. The van der Waals surface area contributed by atoms with Gasteiger partial charge in [-0.25, -0.2) is 0 Å². The molecule has 0 bridgehead atoms. The van der Waals surface area contributed by atoms with Gasteiger partial charge < -0.3 is 43.7 Å². The maximum absolute atomic E-state index is 8.96. The van der Waals surface area contributed by atoms with E-state index in [-0.39, 0.29) is 30.4 Å². The van der Waals surface area contributed by atoms with Crippen molar-refractivity contribution < 1.29 is 39.0 Å². The fourth-order valence-corrected chi connectivity index (χ4v) is 4.16. The lowest BCUT2D eigenvalue weighted by atomic mass is 10.0. The summed E-state index contributed by atoms with van der Waals surface area (Å²) in [5, 5.41) is 16.6. The van der Waals surface area contributed by atoms with Gasteiger partial charge in [-0.05, 0) is 55.3 Å². The van der Waals surface area contributed by atoms with Gasteiger partial charge in [-0.15, -0.1) is 0 Å². The summed E-state index contributed by atoms with van der Waals surface area (Å²) in [6.45, 7) is 16.7. The van der Waals surface area contributed by atoms with Crippen molar-refractivity contribution >= 4 is 43.3 Å². The first-order valence-electron chi connectivity index (χ1n) is 15.0. The van der Waals surface area contributed by atoms with Crippen LogP contribution in [0.3, 0.4) is 0 Å². The van der Waals surface area contributed by atoms with E-state index >= 15 is 0 Å². The normalized spacial score (nSPS) is 15.7. The van der Waals surface area contributed by atoms with E-state index in [1.54, 1.807) is 13.8 Å². The molecule has 0 spiro atoms. The van der Waals surface area contributed by atoms with Crippen LogP contribution in [0.15, 0.2) is 42.6 Å². The third-order valence-corrected chi connectivity index (χ3v) is 6.14. The minimum atomic E-state index is -2.04. The van der Waals surface area contributed by atoms with E-state index in [9.17, 15) is 0 Å². The molecule has 0 saturated carbocycles. The molecule has 1 aromatic carbocycles. The first-order chi connectivity index (χ1) is 21.5. The number of carboxylic acid groups (broad SMARTS) is 1. The van der Waals surface area contributed by atoms with Crippen molar-refractivity contribution in [3.8, 4) is 0 Å². The van der Waals surface area contributed by atoms with Gasteiger partial charge in [-0.3, -0.25) is 4.79 Å². The van der Waals surface area contributed by atoms with Crippen molar-refractivity contribution in [1.82, 2.24) is 14.5 Å². The van der Waals surface area contributed by atoms with Crippen molar-refractivity contribution in [3.63, 3.8) is 0 Å². The van der Waals surface area contributed by atoms with E-state index in [1.165, 1.54) is 12.7 Å². The van der Waals surface area contributed by atoms with Gasteiger partial charge in [0.25, 0.3) is 6.47 Å². The Balaban J connectivity index is 0.00000106. The number of halogens is 1. The molecule has 14 heteroatoms. The highest BCUT2D eigenvalue weighted by Gasteiger charge is 2.29. The van der Waals surface area contributed by atoms with E-state index in [2.05, 4.69) is 59.4 Å². The molecular weight excluding hydrogens is 635 g/mol. The van der Waals surface area contributed by atoms with Crippen LogP contribution in [0, 0.1) is 5.41 Å². The van der Waals surface area contributed by atoms with Crippen LogP contribution in [0.2, 0.25) is 5.28 Å². The summed E-state index contributed by atoms with van der Waals surface area (Å²) < 4.78 is 17.9. The number of rotatable bonds is 9. The molecule has 0 amide bonds. The van der Waals surface area contributed by atoms with Crippen LogP contribution in [0.4, 0.5) is 5.82 Å². The maximum atomic E-state index is 8.96. The number of ether oxygens (including phenoxy) is 3. The zero-order valence-electron chi connectivity index (χ0n) is 28.8. The number of fused-ring (bicyclic) bond motifs is 1. The second-order valence-electron chi connectivity index (χ2n) is 12.0. The second kappa shape index (κ2) is 22.2. The van der Waals surface area contributed by atoms with Crippen LogP contribution in [-0.4, -0.2) is 80.0 Å². The average molecular weight is 689 g/mol. The number of carbonyl (C=O) groups is 1. The average Bonchev–Trinajstić information content (AvgIpc) is 3.60. The molecule has 4 rings (SSSR count). The van der Waals surface area contributed by atoms with Crippen LogP contribution in [0.5, 0.6) is 0 Å². The van der Waals surface area contributed by atoms with Gasteiger partial charge >= 0.3 is 0 Å². The molecule has 46 heavy (non-hydrogen) atoms. The number of anilines is 1. The molecule has 0 aliphatic carbocycles. The standard InChI is InChI=1S/C20H24ClN4O4P.C5H12.C4H10O2.C2H6.CH2O2/c1-24(11-14-5-3-2-4-6-14)18-16-9-10-25(19(16)23-20(21)22-18)17-8-7-15(29-17)12-28-13-30(26)27;1-5(2,3)4;1-4(2,5)6-3;1-2;2-1-3/h2-6,9-10,15,17,26-27H,7-8,11-13H2,1H3;1-4H3;5H,1-3H3;1-2H3;1H,(H,2,3). The van der Waals surface area contributed by atoms with Crippen molar-refractivity contribution in [2.75, 3.05) is 32.0 Å². The Kier molecular flexibility index (Phi) is 21.0. The fourth-order valence-electron chi connectivity index (χ4n) is 3.73. The van der Waals surface area contributed by atoms with Crippen LogP contribution in [0.25, 0.3) is 11.0 Å². The summed E-state index contributed by atoms with van der Waals surface area (Å²) in [6, 6.07) is 12.2. The molecule has 1 aliphatic rings. The van der Waals surface area contributed by atoms with Gasteiger partial charge in [0.05, 0.1) is 18.1 Å². The first-order valence-corrected chi connectivity index (χ1v) is 16.8. The lowest BCUT2D eigenvalue weighted by Gasteiger charge is -2.20. The minimum Gasteiger partial charge on any atom is -0.483 e. The Labute approximate surface area is 280 Å². The van der Waals surface area contributed by atoms with Gasteiger partial charge in [0.2, 0.25) is 5.28 Å². The van der Waals surface area contributed by atoms with Crippen molar-refractivity contribution in [2.45, 2.75) is 92.9 Å². The molecule has 0 radical (unpaired) electrons. The summed E-state index contributed by atoms with van der Waals surface area (Å²) >= 11 is 6.26. The van der Waals surface area contributed by atoms with Gasteiger partial charge in [0.15, 0.2) is 14.2 Å². The van der Waals surface area contributed by atoms with E-state index in [0.29, 0.717) is 18.6 Å². The highest BCUT2D eigenvalue weighted by atomic mass is 35.5. The molecule has 2 unspecified atom stereocenters. The fraction of sp³-hybridized carbons (Fsp3) is 0.594. The Morgan fingerprint density at radius 3 is 2.13 bits per heavy atom. The van der Waals surface area contributed by atoms with E-state index in [1.807, 2.05) is 55.9 Å². The van der Waals surface area contributed by atoms with Crippen LogP contribution >= 0.6 is 20.0 Å².